The lowest BCUT2D eigenvalue weighted by atomic mass is 10.1. The van der Waals surface area contributed by atoms with Crippen molar-refractivity contribution in [2.45, 2.75) is 38.3 Å². The van der Waals surface area contributed by atoms with Gasteiger partial charge in [-0.1, -0.05) is 0 Å². The second-order valence-corrected chi connectivity index (χ2v) is 5.44. The fourth-order valence-electron chi connectivity index (χ4n) is 2.63. The summed E-state index contributed by atoms with van der Waals surface area (Å²) < 4.78 is 5.61. The van der Waals surface area contributed by atoms with Crippen LogP contribution in [0.5, 0.6) is 0 Å². The molecule has 2 unspecified atom stereocenters. The monoisotopic (exact) mass is 255 g/mol. The number of carbonyl (C=O) groups is 1. The molecule has 2 aliphatic rings. The molecule has 0 spiro atoms. The van der Waals surface area contributed by atoms with Crippen LogP contribution in [0.3, 0.4) is 0 Å². The van der Waals surface area contributed by atoms with Gasteiger partial charge in [0.2, 0.25) is 5.91 Å². The molecular weight excluding hydrogens is 230 g/mol. The second kappa shape index (κ2) is 6.50. The number of hydrogen-bond donors (Lipinski definition) is 1. The number of morpholine rings is 1. The van der Waals surface area contributed by atoms with E-state index in [0.29, 0.717) is 13.2 Å². The van der Waals surface area contributed by atoms with Crippen molar-refractivity contribution in [2.75, 3.05) is 39.3 Å². The lowest BCUT2D eigenvalue weighted by Gasteiger charge is -2.36. The average molecular weight is 255 g/mol. The second-order valence-electron chi connectivity index (χ2n) is 5.44. The van der Waals surface area contributed by atoms with Crippen molar-refractivity contribution in [3.05, 3.63) is 0 Å². The van der Waals surface area contributed by atoms with Crippen LogP contribution in [0.2, 0.25) is 0 Å². The molecule has 2 fully saturated rings. The molecule has 2 N–H and O–H groups in total. The largest absolute Gasteiger partial charge is 0.374 e. The minimum atomic E-state index is 0.0258. The van der Waals surface area contributed by atoms with E-state index in [4.69, 9.17) is 10.5 Å². The molecule has 0 aromatic heterocycles. The fourth-order valence-corrected chi connectivity index (χ4v) is 2.63. The zero-order chi connectivity index (χ0) is 13.0. The summed E-state index contributed by atoms with van der Waals surface area (Å²) in [4.78, 5) is 16.3. The van der Waals surface area contributed by atoms with E-state index in [1.165, 1.54) is 6.42 Å². The number of piperidine rings is 1. The van der Waals surface area contributed by atoms with Gasteiger partial charge >= 0.3 is 0 Å². The van der Waals surface area contributed by atoms with Gasteiger partial charge in [-0.05, 0) is 26.2 Å². The molecule has 0 aromatic carbocycles. The Hall–Kier alpha value is -0.650. The predicted octanol–water partition coefficient (Wildman–Crippen LogP) is 0.0469. The van der Waals surface area contributed by atoms with Crippen LogP contribution in [0.25, 0.3) is 0 Å². The molecule has 0 aromatic rings. The first-order chi connectivity index (χ1) is 8.66. The lowest BCUT2D eigenvalue weighted by Crippen LogP contribution is -2.52. The van der Waals surface area contributed by atoms with Crippen LogP contribution in [0, 0.1) is 0 Å². The van der Waals surface area contributed by atoms with E-state index in [-0.39, 0.29) is 18.1 Å². The highest BCUT2D eigenvalue weighted by atomic mass is 16.5. The van der Waals surface area contributed by atoms with Gasteiger partial charge < -0.3 is 15.4 Å². The first-order valence-electron chi connectivity index (χ1n) is 7.04. The molecule has 2 atom stereocenters. The molecule has 5 nitrogen and oxygen atoms in total. The highest BCUT2D eigenvalue weighted by Gasteiger charge is 2.26. The fraction of sp³-hybridized carbons (Fsp3) is 0.923. The quantitative estimate of drug-likeness (QED) is 0.774. The highest BCUT2D eigenvalue weighted by molar-refractivity contribution is 5.78. The number of likely N-dealkylation sites (tertiary alicyclic amines) is 1. The maximum absolute atomic E-state index is 12.2. The van der Waals surface area contributed by atoms with E-state index in [1.807, 2.05) is 11.8 Å². The third-order valence-corrected chi connectivity index (χ3v) is 3.83. The smallest absolute Gasteiger partial charge is 0.236 e. The summed E-state index contributed by atoms with van der Waals surface area (Å²) in [5.41, 5.74) is 5.86. The van der Waals surface area contributed by atoms with Gasteiger partial charge in [0.05, 0.1) is 19.3 Å². The van der Waals surface area contributed by atoms with E-state index in [9.17, 15) is 4.79 Å². The number of nitrogens with two attached hydrogens (primary N) is 1. The lowest BCUT2D eigenvalue weighted by molar-refractivity contribution is -0.135. The number of carbonyl (C=O) groups excluding carboxylic acids is 1. The summed E-state index contributed by atoms with van der Waals surface area (Å²) in [7, 11) is 0. The summed E-state index contributed by atoms with van der Waals surface area (Å²) in [6, 6.07) is 0.0258. The normalized spacial score (nSPS) is 28.1. The zero-order valence-electron chi connectivity index (χ0n) is 11.3. The van der Waals surface area contributed by atoms with Crippen molar-refractivity contribution >= 4 is 5.91 Å². The van der Waals surface area contributed by atoms with E-state index < -0.39 is 0 Å². The Morgan fingerprint density at radius 3 is 2.72 bits per heavy atom. The van der Waals surface area contributed by atoms with Crippen LogP contribution in [-0.2, 0) is 9.53 Å². The summed E-state index contributed by atoms with van der Waals surface area (Å²) in [6.07, 6.45) is 3.62. The Balaban J connectivity index is 1.79. The SMILES string of the molecule is CC(N)C1CN(CC(=O)N2CCCCC2)CCO1. The van der Waals surface area contributed by atoms with Crippen molar-refractivity contribution in [2.24, 2.45) is 5.73 Å². The molecule has 104 valence electrons. The van der Waals surface area contributed by atoms with Gasteiger partial charge in [0.15, 0.2) is 0 Å². The number of nitrogens with zero attached hydrogens (tertiary/aromatic N) is 2. The Morgan fingerprint density at radius 1 is 1.33 bits per heavy atom. The molecule has 5 heteroatoms. The van der Waals surface area contributed by atoms with Crippen LogP contribution in [-0.4, -0.2) is 67.2 Å². The summed E-state index contributed by atoms with van der Waals surface area (Å²) >= 11 is 0. The Morgan fingerprint density at radius 2 is 2.06 bits per heavy atom. The molecule has 0 saturated carbocycles. The van der Waals surface area contributed by atoms with E-state index in [1.54, 1.807) is 0 Å². The first-order valence-corrected chi connectivity index (χ1v) is 7.04. The number of hydrogen-bond acceptors (Lipinski definition) is 4. The van der Waals surface area contributed by atoms with E-state index in [2.05, 4.69) is 4.90 Å². The molecule has 2 saturated heterocycles. The standard InChI is InChI=1S/C13H25N3O2/c1-11(14)12-9-15(7-8-18-12)10-13(17)16-5-3-2-4-6-16/h11-12H,2-10,14H2,1H3. The maximum atomic E-state index is 12.2. The zero-order valence-corrected chi connectivity index (χ0v) is 11.3. The average Bonchev–Trinajstić information content (AvgIpc) is 2.40. The van der Waals surface area contributed by atoms with Crippen molar-refractivity contribution in [3.63, 3.8) is 0 Å². The number of amides is 1. The van der Waals surface area contributed by atoms with Crippen LogP contribution in [0.1, 0.15) is 26.2 Å². The molecule has 0 aliphatic carbocycles. The third kappa shape index (κ3) is 3.67. The molecule has 2 heterocycles. The van der Waals surface area contributed by atoms with Gasteiger partial charge in [-0.25, -0.2) is 0 Å². The van der Waals surface area contributed by atoms with Crippen molar-refractivity contribution in [1.82, 2.24) is 9.80 Å². The Kier molecular flexibility index (Phi) is 4.97. The summed E-state index contributed by atoms with van der Waals surface area (Å²) in [5.74, 6) is 0.264. The van der Waals surface area contributed by atoms with Crippen molar-refractivity contribution in [3.8, 4) is 0 Å². The van der Waals surface area contributed by atoms with Gasteiger partial charge in [0, 0.05) is 32.2 Å². The first kappa shape index (κ1) is 13.8. The molecular formula is C13H25N3O2. The van der Waals surface area contributed by atoms with Gasteiger partial charge in [0.25, 0.3) is 0 Å². The van der Waals surface area contributed by atoms with Crippen molar-refractivity contribution < 1.29 is 9.53 Å². The van der Waals surface area contributed by atoms with E-state index >= 15 is 0 Å². The summed E-state index contributed by atoms with van der Waals surface area (Å²) in [5, 5.41) is 0. The van der Waals surface area contributed by atoms with Gasteiger partial charge in [-0.2, -0.15) is 0 Å². The molecule has 0 bridgehead atoms. The predicted molar refractivity (Wildman–Crippen MR) is 70.3 cm³/mol. The Labute approximate surface area is 109 Å². The van der Waals surface area contributed by atoms with E-state index in [0.717, 1.165) is 39.0 Å². The van der Waals surface area contributed by atoms with Crippen molar-refractivity contribution in [1.29, 1.82) is 0 Å². The molecule has 1 amide bonds. The van der Waals surface area contributed by atoms with Gasteiger partial charge in [-0.3, -0.25) is 9.69 Å². The Bertz CT molecular complexity index is 277. The molecule has 18 heavy (non-hydrogen) atoms. The minimum absolute atomic E-state index is 0.0258. The highest BCUT2D eigenvalue weighted by Crippen LogP contribution is 2.11. The van der Waals surface area contributed by atoms with Crippen LogP contribution >= 0.6 is 0 Å². The van der Waals surface area contributed by atoms with Crippen LogP contribution in [0.4, 0.5) is 0 Å². The third-order valence-electron chi connectivity index (χ3n) is 3.83. The van der Waals surface area contributed by atoms with Gasteiger partial charge in [0.1, 0.15) is 0 Å². The van der Waals surface area contributed by atoms with Crippen LogP contribution < -0.4 is 5.73 Å². The minimum Gasteiger partial charge on any atom is -0.374 e. The summed E-state index contributed by atoms with van der Waals surface area (Å²) in [6.45, 7) is 6.63. The molecule has 2 aliphatic heterocycles. The van der Waals surface area contributed by atoms with Gasteiger partial charge in [-0.15, -0.1) is 0 Å². The molecule has 0 radical (unpaired) electrons. The topological polar surface area (TPSA) is 58.8 Å². The van der Waals surface area contributed by atoms with Crippen LogP contribution in [0.15, 0.2) is 0 Å². The number of rotatable bonds is 3. The maximum Gasteiger partial charge on any atom is 0.236 e. The molecule has 2 rings (SSSR count). The number of ether oxygens (including phenoxy) is 1.